The van der Waals surface area contributed by atoms with E-state index in [2.05, 4.69) is 46.5 Å². The lowest BCUT2D eigenvalue weighted by Crippen LogP contribution is -2.21. The molecule has 0 bridgehead atoms. The minimum Gasteiger partial charge on any atom is -0.372 e. The van der Waals surface area contributed by atoms with Crippen LogP contribution in [-0.4, -0.2) is 24.0 Å². The van der Waals surface area contributed by atoms with Crippen molar-refractivity contribution in [2.75, 3.05) is 28.6 Å². The van der Waals surface area contributed by atoms with Crippen LogP contribution < -0.4 is 15.5 Å². The van der Waals surface area contributed by atoms with E-state index in [1.165, 1.54) is 11.3 Å². The maximum atomic E-state index is 12.2. The highest BCUT2D eigenvalue weighted by atomic mass is 16.1. The van der Waals surface area contributed by atoms with Crippen LogP contribution in [0.3, 0.4) is 0 Å². The van der Waals surface area contributed by atoms with Crippen LogP contribution in [0.2, 0.25) is 0 Å². The van der Waals surface area contributed by atoms with Crippen LogP contribution in [0.1, 0.15) is 25.0 Å². The van der Waals surface area contributed by atoms with Crippen molar-refractivity contribution >= 4 is 28.8 Å². The van der Waals surface area contributed by atoms with Gasteiger partial charge in [-0.15, -0.1) is 0 Å². The number of benzene rings is 2. The fourth-order valence-electron chi connectivity index (χ4n) is 3.13. The summed E-state index contributed by atoms with van der Waals surface area (Å²) in [6, 6.07) is 20.0. The number of carbonyl (C=O) groups is 1. The van der Waals surface area contributed by atoms with Gasteiger partial charge in [-0.05, 0) is 62.7 Å². The van der Waals surface area contributed by atoms with Crippen molar-refractivity contribution in [3.05, 3.63) is 78.0 Å². The number of nitrogens with one attached hydrogen (secondary N) is 2. The number of aryl methyl sites for hydroxylation is 1. The van der Waals surface area contributed by atoms with E-state index in [-0.39, 0.29) is 5.91 Å². The van der Waals surface area contributed by atoms with Gasteiger partial charge in [-0.2, -0.15) is 0 Å². The first kappa shape index (κ1) is 20.4. The molecule has 2 aromatic carbocycles. The zero-order chi connectivity index (χ0) is 20.6. The van der Waals surface area contributed by atoms with Gasteiger partial charge in [0, 0.05) is 24.5 Å². The molecule has 3 rings (SSSR count). The maximum absolute atomic E-state index is 12.2. The van der Waals surface area contributed by atoms with E-state index in [1.807, 2.05) is 55.5 Å². The van der Waals surface area contributed by atoms with Gasteiger partial charge < -0.3 is 15.5 Å². The molecule has 0 atom stereocenters. The van der Waals surface area contributed by atoms with Crippen molar-refractivity contribution in [2.45, 2.75) is 27.2 Å². The summed E-state index contributed by atoms with van der Waals surface area (Å²) in [5.41, 5.74) is 5.05. The topological polar surface area (TPSA) is 57.3 Å². The van der Waals surface area contributed by atoms with Crippen molar-refractivity contribution in [3.8, 4) is 0 Å². The molecule has 150 valence electrons. The van der Waals surface area contributed by atoms with E-state index in [9.17, 15) is 4.79 Å². The number of amides is 1. The predicted molar refractivity (Wildman–Crippen MR) is 121 cm³/mol. The Kier molecular flexibility index (Phi) is 6.85. The van der Waals surface area contributed by atoms with Gasteiger partial charge in [0.15, 0.2) is 0 Å². The fraction of sp³-hybridized carbons (Fsp3) is 0.250. The van der Waals surface area contributed by atoms with Gasteiger partial charge in [0.2, 0.25) is 5.91 Å². The summed E-state index contributed by atoms with van der Waals surface area (Å²) in [6.45, 7) is 8.32. The summed E-state index contributed by atoms with van der Waals surface area (Å²) in [5, 5.41) is 6.18. The second-order valence-corrected chi connectivity index (χ2v) is 6.99. The molecule has 0 fully saturated rings. The third-order valence-electron chi connectivity index (χ3n) is 4.80. The summed E-state index contributed by atoms with van der Waals surface area (Å²) >= 11 is 0. The minimum atomic E-state index is -0.0525. The number of rotatable bonds is 8. The van der Waals surface area contributed by atoms with Crippen LogP contribution in [-0.2, 0) is 11.2 Å². The number of pyridine rings is 1. The molecule has 0 unspecified atom stereocenters. The second-order valence-electron chi connectivity index (χ2n) is 6.99. The smallest absolute Gasteiger partial charge is 0.228 e. The molecule has 0 aliphatic rings. The molecule has 1 aromatic heterocycles. The third kappa shape index (κ3) is 5.82. The first-order chi connectivity index (χ1) is 14.1. The highest BCUT2D eigenvalue weighted by Crippen LogP contribution is 2.21. The summed E-state index contributed by atoms with van der Waals surface area (Å²) in [5.74, 6) is 0.681. The molecule has 0 saturated carbocycles. The molecule has 3 aromatic rings. The highest BCUT2D eigenvalue weighted by molar-refractivity contribution is 5.92. The number of anilines is 4. The second kappa shape index (κ2) is 9.73. The van der Waals surface area contributed by atoms with Crippen LogP contribution in [0.4, 0.5) is 22.9 Å². The molecule has 2 N–H and O–H groups in total. The largest absolute Gasteiger partial charge is 0.372 e. The van der Waals surface area contributed by atoms with Crippen molar-refractivity contribution in [1.29, 1.82) is 0 Å². The summed E-state index contributed by atoms with van der Waals surface area (Å²) < 4.78 is 0. The zero-order valence-corrected chi connectivity index (χ0v) is 17.3. The molecule has 1 heterocycles. The maximum Gasteiger partial charge on any atom is 0.228 e. The van der Waals surface area contributed by atoms with Gasteiger partial charge in [-0.1, -0.05) is 29.8 Å². The summed E-state index contributed by atoms with van der Waals surface area (Å²) in [6.07, 6.45) is 2.01. The molecular weight excluding hydrogens is 360 g/mol. The van der Waals surface area contributed by atoms with Crippen molar-refractivity contribution in [1.82, 2.24) is 4.98 Å². The van der Waals surface area contributed by atoms with E-state index in [4.69, 9.17) is 0 Å². The molecule has 5 nitrogen and oxygen atoms in total. The van der Waals surface area contributed by atoms with Crippen molar-refractivity contribution in [2.24, 2.45) is 0 Å². The predicted octanol–water partition coefficient (Wildman–Crippen LogP) is 5.16. The Hall–Kier alpha value is -3.34. The van der Waals surface area contributed by atoms with Gasteiger partial charge in [-0.25, -0.2) is 4.98 Å². The molecule has 0 radical (unpaired) electrons. The molecule has 0 spiro atoms. The van der Waals surface area contributed by atoms with Gasteiger partial charge >= 0.3 is 0 Å². The molecule has 0 aliphatic carbocycles. The van der Waals surface area contributed by atoms with Crippen LogP contribution in [0.15, 0.2) is 66.9 Å². The van der Waals surface area contributed by atoms with Crippen LogP contribution in [0, 0.1) is 6.92 Å². The van der Waals surface area contributed by atoms with E-state index in [0.29, 0.717) is 12.1 Å². The lowest BCUT2D eigenvalue weighted by atomic mass is 10.1. The highest BCUT2D eigenvalue weighted by Gasteiger charge is 2.06. The summed E-state index contributed by atoms with van der Waals surface area (Å²) in [4.78, 5) is 18.9. The molecule has 1 amide bonds. The monoisotopic (exact) mass is 388 g/mol. The Labute approximate surface area is 172 Å². The number of nitrogens with zero attached hydrogens (tertiary/aromatic N) is 2. The molecular formula is C24H28N4O. The normalized spacial score (nSPS) is 10.4. The Morgan fingerprint density at radius 1 is 0.897 bits per heavy atom. The van der Waals surface area contributed by atoms with Crippen LogP contribution in [0.25, 0.3) is 0 Å². The first-order valence-corrected chi connectivity index (χ1v) is 10.0. The van der Waals surface area contributed by atoms with Gasteiger partial charge in [-0.3, -0.25) is 4.79 Å². The summed E-state index contributed by atoms with van der Waals surface area (Å²) in [7, 11) is 0. The number of hydrogen-bond donors (Lipinski definition) is 2. The Morgan fingerprint density at radius 2 is 1.55 bits per heavy atom. The van der Waals surface area contributed by atoms with Gasteiger partial charge in [0.05, 0.1) is 18.3 Å². The minimum absolute atomic E-state index is 0.0525. The lowest BCUT2D eigenvalue weighted by Gasteiger charge is -2.21. The van der Waals surface area contributed by atoms with Crippen molar-refractivity contribution in [3.63, 3.8) is 0 Å². The Bertz CT molecular complexity index is 915. The van der Waals surface area contributed by atoms with Crippen LogP contribution >= 0.6 is 0 Å². The standard InChI is InChI=1S/C24H28N4O/c1-4-28(5-2)22-13-10-20(11-14-22)26-23-15-12-21(17-25-23)27-24(29)16-19-8-6-18(3)7-9-19/h6-15,17H,4-5,16H2,1-3H3,(H,25,26)(H,27,29). The molecule has 0 saturated heterocycles. The number of aromatic nitrogens is 1. The quantitative estimate of drug-likeness (QED) is 0.559. The van der Waals surface area contributed by atoms with Gasteiger partial charge in [0.1, 0.15) is 5.82 Å². The van der Waals surface area contributed by atoms with E-state index in [1.54, 1.807) is 6.20 Å². The molecule has 0 aliphatic heterocycles. The zero-order valence-electron chi connectivity index (χ0n) is 17.3. The SMILES string of the molecule is CCN(CC)c1ccc(Nc2ccc(NC(=O)Cc3ccc(C)cc3)cn2)cc1. The Balaban J connectivity index is 1.55. The molecule has 29 heavy (non-hydrogen) atoms. The third-order valence-corrected chi connectivity index (χ3v) is 4.80. The fourth-order valence-corrected chi connectivity index (χ4v) is 3.13. The average molecular weight is 389 g/mol. The lowest BCUT2D eigenvalue weighted by molar-refractivity contribution is -0.115. The van der Waals surface area contributed by atoms with E-state index in [0.717, 1.165) is 30.2 Å². The van der Waals surface area contributed by atoms with Crippen molar-refractivity contribution < 1.29 is 4.79 Å². The first-order valence-electron chi connectivity index (χ1n) is 10.0. The Morgan fingerprint density at radius 3 is 2.14 bits per heavy atom. The van der Waals surface area contributed by atoms with Gasteiger partial charge in [0.25, 0.3) is 0 Å². The number of carbonyl (C=O) groups excluding carboxylic acids is 1. The van der Waals surface area contributed by atoms with Crippen LogP contribution in [0.5, 0.6) is 0 Å². The van der Waals surface area contributed by atoms with E-state index < -0.39 is 0 Å². The number of hydrogen-bond acceptors (Lipinski definition) is 4. The molecule has 5 heteroatoms. The van der Waals surface area contributed by atoms with E-state index >= 15 is 0 Å². The average Bonchev–Trinajstić information content (AvgIpc) is 2.73.